The van der Waals surface area contributed by atoms with Gasteiger partial charge in [-0.15, -0.1) is 0 Å². The predicted molar refractivity (Wildman–Crippen MR) is 109 cm³/mol. The third-order valence-electron chi connectivity index (χ3n) is 4.13. The number of hydrogen-bond acceptors (Lipinski definition) is 4. The molecule has 0 radical (unpaired) electrons. The van der Waals surface area contributed by atoms with Crippen molar-refractivity contribution >= 4 is 5.96 Å². The summed E-state index contributed by atoms with van der Waals surface area (Å²) < 4.78 is 29.6. The fraction of sp³-hybridized carbons (Fsp3) is 0.381. The number of nitrogens with zero attached hydrogens (tertiary/aromatic N) is 1. The van der Waals surface area contributed by atoms with Gasteiger partial charge in [0.05, 0.1) is 27.9 Å². The van der Waals surface area contributed by atoms with Crippen molar-refractivity contribution in [3.8, 4) is 17.2 Å². The molecule has 0 aromatic heterocycles. The Morgan fingerprint density at radius 3 is 2.43 bits per heavy atom. The number of aliphatic imine (C=N–C) groups is 1. The summed E-state index contributed by atoms with van der Waals surface area (Å²) >= 11 is 0. The molecule has 6 nitrogen and oxygen atoms in total. The maximum atomic E-state index is 13.3. The maximum Gasteiger partial charge on any atom is 0.203 e. The highest BCUT2D eigenvalue weighted by atomic mass is 19.1. The molecule has 0 saturated heterocycles. The summed E-state index contributed by atoms with van der Waals surface area (Å²) in [7, 11) is 4.79. The number of benzene rings is 2. The van der Waals surface area contributed by atoms with E-state index < -0.39 is 0 Å². The lowest BCUT2D eigenvalue weighted by Crippen LogP contribution is -2.38. The lowest BCUT2D eigenvalue weighted by Gasteiger charge is -2.16. The molecule has 0 bridgehead atoms. The van der Waals surface area contributed by atoms with Gasteiger partial charge in [-0.1, -0.05) is 18.2 Å². The van der Waals surface area contributed by atoms with Crippen LogP contribution >= 0.6 is 0 Å². The topological polar surface area (TPSA) is 64.1 Å². The molecule has 2 aromatic rings. The lowest BCUT2D eigenvalue weighted by molar-refractivity contribution is 0.322. The predicted octanol–water partition coefficient (Wildman–Crippen LogP) is 3.15. The van der Waals surface area contributed by atoms with E-state index in [1.807, 2.05) is 25.1 Å². The van der Waals surface area contributed by atoms with Gasteiger partial charge in [0.25, 0.3) is 0 Å². The van der Waals surface area contributed by atoms with Crippen LogP contribution in [0.2, 0.25) is 0 Å². The third-order valence-corrected chi connectivity index (χ3v) is 4.13. The van der Waals surface area contributed by atoms with Crippen LogP contribution in [0.3, 0.4) is 0 Å². The van der Waals surface area contributed by atoms with Crippen molar-refractivity contribution in [3.05, 3.63) is 53.3 Å². The fourth-order valence-corrected chi connectivity index (χ4v) is 2.82. The number of guanidine groups is 1. The SMILES string of the molecule is CCNC(=NCc1cccc(F)c1)NCCc1ccc(OC)c(OC)c1OC. The van der Waals surface area contributed by atoms with E-state index in [0.717, 1.165) is 17.7 Å². The minimum Gasteiger partial charge on any atom is -0.493 e. The number of halogens is 1. The summed E-state index contributed by atoms with van der Waals surface area (Å²) in [6, 6.07) is 10.3. The molecule has 0 saturated carbocycles. The first-order valence-corrected chi connectivity index (χ1v) is 9.17. The molecule has 0 fully saturated rings. The molecule has 0 aliphatic carbocycles. The Hall–Kier alpha value is -2.96. The Morgan fingerprint density at radius 1 is 1.00 bits per heavy atom. The molecule has 0 heterocycles. The monoisotopic (exact) mass is 389 g/mol. The van der Waals surface area contributed by atoms with Gasteiger partial charge in [0, 0.05) is 18.7 Å². The van der Waals surface area contributed by atoms with E-state index in [2.05, 4.69) is 15.6 Å². The van der Waals surface area contributed by atoms with E-state index in [1.54, 1.807) is 27.4 Å². The first-order chi connectivity index (χ1) is 13.6. The van der Waals surface area contributed by atoms with Crippen LogP contribution in [0.25, 0.3) is 0 Å². The smallest absolute Gasteiger partial charge is 0.203 e. The van der Waals surface area contributed by atoms with Gasteiger partial charge < -0.3 is 24.8 Å². The van der Waals surface area contributed by atoms with Crippen LogP contribution in [0.5, 0.6) is 17.2 Å². The summed E-state index contributed by atoms with van der Waals surface area (Å²) in [4.78, 5) is 4.51. The fourth-order valence-electron chi connectivity index (χ4n) is 2.82. The van der Waals surface area contributed by atoms with Crippen molar-refractivity contribution in [1.82, 2.24) is 10.6 Å². The van der Waals surface area contributed by atoms with Gasteiger partial charge in [0.15, 0.2) is 17.5 Å². The minimum absolute atomic E-state index is 0.258. The first-order valence-electron chi connectivity index (χ1n) is 9.17. The van der Waals surface area contributed by atoms with Crippen molar-refractivity contribution in [1.29, 1.82) is 0 Å². The molecule has 0 amide bonds. The van der Waals surface area contributed by atoms with E-state index in [0.29, 0.717) is 42.7 Å². The number of ether oxygens (including phenoxy) is 3. The molecular formula is C21H28FN3O3. The molecule has 28 heavy (non-hydrogen) atoms. The molecule has 7 heteroatoms. The molecule has 0 spiro atoms. The minimum atomic E-state index is -0.258. The van der Waals surface area contributed by atoms with Crippen LogP contribution in [0.4, 0.5) is 4.39 Å². The highest BCUT2D eigenvalue weighted by molar-refractivity contribution is 5.79. The highest BCUT2D eigenvalue weighted by Gasteiger charge is 2.15. The number of methoxy groups -OCH3 is 3. The average molecular weight is 389 g/mol. The normalized spacial score (nSPS) is 11.1. The molecule has 2 N–H and O–H groups in total. The summed E-state index contributed by atoms with van der Waals surface area (Å²) in [6.45, 7) is 3.76. The summed E-state index contributed by atoms with van der Waals surface area (Å²) in [5, 5.41) is 6.48. The molecular weight excluding hydrogens is 361 g/mol. The molecule has 152 valence electrons. The number of rotatable bonds is 9. The average Bonchev–Trinajstić information content (AvgIpc) is 2.71. The molecule has 0 aliphatic rings. The highest BCUT2D eigenvalue weighted by Crippen LogP contribution is 2.39. The zero-order chi connectivity index (χ0) is 20.4. The Kier molecular flexibility index (Phi) is 8.39. The van der Waals surface area contributed by atoms with E-state index in [4.69, 9.17) is 14.2 Å². The zero-order valence-electron chi connectivity index (χ0n) is 16.8. The van der Waals surface area contributed by atoms with Gasteiger partial charge in [-0.3, -0.25) is 0 Å². The van der Waals surface area contributed by atoms with Gasteiger partial charge in [0.1, 0.15) is 5.82 Å². The van der Waals surface area contributed by atoms with Crippen LogP contribution in [-0.2, 0) is 13.0 Å². The van der Waals surface area contributed by atoms with Crippen molar-refractivity contribution in [2.24, 2.45) is 4.99 Å². The van der Waals surface area contributed by atoms with Crippen LogP contribution in [0, 0.1) is 5.82 Å². The standard InChI is InChI=1S/C21H28FN3O3/c1-5-23-21(25-14-15-7-6-8-17(22)13-15)24-12-11-16-9-10-18(26-2)20(28-4)19(16)27-3/h6-10,13H,5,11-12,14H2,1-4H3,(H2,23,24,25). The van der Waals surface area contributed by atoms with Gasteiger partial charge in [-0.05, 0) is 37.1 Å². The first kappa shape index (κ1) is 21.3. The van der Waals surface area contributed by atoms with Crippen molar-refractivity contribution in [2.45, 2.75) is 19.9 Å². The summed E-state index contributed by atoms with van der Waals surface area (Å²) in [5.74, 6) is 2.28. The second kappa shape index (κ2) is 11.0. The van der Waals surface area contributed by atoms with Crippen LogP contribution < -0.4 is 24.8 Å². The Labute approximate surface area is 165 Å². The summed E-state index contributed by atoms with van der Waals surface area (Å²) in [5.41, 5.74) is 1.81. The molecule has 0 atom stereocenters. The molecule has 2 rings (SSSR count). The second-order valence-electron chi connectivity index (χ2n) is 6.00. The Bertz CT molecular complexity index is 796. The van der Waals surface area contributed by atoms with E-state index >= 15 is 0 Å². The second-order valence-corrected chi connectivity index (χ2v) is 6.00. The van der Waals surface area contributed by atoms with Gasteiger partial charge >= 0.3 is 0 Å². The third kappa shape index (κ3) is 5.77. The molecule has 2 aromatic carbocycles. The van der Waals surface area contributed by atoms with Crippen molar-refractivity contribution in [3.63, 3.8) is 0 Å². The molecule has 0 aliphatic heterocycles. The van der Waals surface area contributed by atoms with Crippen molar-refractivity contribution < 1.29 is 18.6 Å². The number of hydrogen-bond donors (Lipinski definition) is 2. The van der Waals surface area contributed by atoms with Crippen LogP contribution in [0.15, 0.2) is 41.4 Å². The van der Waals surface area contributed by atoms with Crippen LogP contribution in [-0.4, -0.2) is 40.4 Å². The van der Waals surface area contributed by atoms with Gasteiger partial charge in [0.2, 0.25) is 5.75 Å². The lowest BCUT2D eigenvalue weighted by atomic mass is 10.1. The summed E-state index contributed by atoms with van der Waals surface area (Å²) in [6.07, 6.45) is 0.702. The zero-order valence-corrected chi connectivity index (χ0v) is 16.8. The van der Waals surface area contributed by atoms with Gasteiger partial charge in [-0.25, -0.2) is 9.38 Å². The quantitative estimate of drug-likeness (QED) is 0.510. The van der Waals surface area contributed by atoms with E-state index in [9.17, 15) is 4.39 Å². The largest absolute Gasteiger partial charge is 0.493 e. The van der Waals surface area contributed by atoms with E-state index in [-0.39, 0.29) is 5.82 Å². The Balaban J connectivity index is 2.03. The van der Waals surface area contributed by atoms with Crippen molar-refractivity contribution in [2.75, 3.05) is 34.4 Å². The van der Waals surface area contributed by atoms with Gasteiger partial charge in [-0.2, -0.15) is 0 Å². The Morgan fingerprint density at radius 2 is 1.79 bits per heavy atom. The number of nitrogens with one attached hydrogen (secondary N) is 2. The van der Waals surface area contributed by atoms with E-state index in [1.165, 1.54) is 12.1 Å². The van der Waals surface area contributed by atoms with Crippen LogP contribution in [0.1, 0.15) is 18.1 Å². The molecule has 0 unspecified atom stereocenters. The maximum absolute atomic E-state index is 13.3.